The van der Waals surface area contributed by atoms with Crippen LogP contribution in [0.15, 0.2) is 28.9 Å². The molecule has 0 bridgehead atoms. The zero-order valence-electron chi connectivity index (χ0n) is 13.0. The zero-order valence-corrected chi connectivity index (χ0v) is 13.9. The quantitative estimate of drug-likeness (QED) is 0.621. The van der Waals surface area contributed by atoms with Crippen molar-refractivity contribution in [2.45, 2.75) is 6.92 Å². The minimum absolute atomic E-state index is 0.0646. The predicted molar refractivity (Wildman–Crippen MR) is 87.9 cm³/mol. The van der Waals surface area contributed by atoms with Crippen molar-refractivity contribution in [2.24, 2.45) is 0 Å². The molecule has 3 N–H and O–H groups in total. The summed E-state index contributed by atoms with van der Waals surface area (Å²) in [7, 11) is 0. The summed E-state index contributed by atoms with van der Waals surface area (Å²) in [5.41, 5.74) is 0.272. The second-order valence-corrected chi connectivity index (χ2v) is 5.80. The summed E-state index contributed by atoms with van der Waals surface area (Å²) in [4.78, 5) is 27.0. The maximum Gasteiger partial charge on any atom is 0.357 e. The SMILES string of the molecule is Cc1nsc(Nc2nc(C(=O)O)co2)c1C(=O)Nc1ccc(F)c(F)c1. The highest BCUT2D eigenvalue weighted by molar-refractivity contribution is 7.10. The van der Waals surface area contributed by atoms with E-state index in [0.29, 0.717) is 5.69 Å². The summed E-state index contributed by atoms with van der Waals surface area (Å²) < 4.78 is 35.3. The lowest BCUT2D eigenvalue weighted by atomic mass is 10.2. The highest BCUT2D eigenvalue weighted by Crippen LogP contribution is 2.28. The molecule has 0 saturated carbocycles. The molecule has 0 aliphatic heterocycles. The van der Waals surface area contributed by atoms with Crippen LogP contribution in [0.2, 0.25) is 0 Å². The molecule has 1 amide bonds. The Kier molecular flexibility index (Phi) is 4.63. The Morgan fingerprint density at radius 3 is 2.69 bits per heavy atom. The van der Waals surface area contributed by atoms with E-state index < -0.39 is 23.5 Å². The fraction of sp³-hybridized carbons (Fsp3) is 0.0667. The van der Waals surface area contributed by atoms with E-state index in [2.05, 4.69) is 20.0 Å². The zero-order chi connectivity index (χ0) is 18.8. The number of nitrogens with zero attached hydrogens (tertiary/aromatic N) is 2. The highest BCUT2D eigenvalue weighted by Gasteiger charge is 2.21. The molecule has 2 heterocycles. The minimum Gasteiger partial charge on any atom is -0.476 e. The number of aromatic nitrogens is 2. The van der Waals surface area contributed by atoms with Gasteiger partial charge in [-0.25, -0.2) is 13.6 Å². The average molecular weight is 380 g/mol. The van der Waals surface area contributed by atoms with Crippen molar-refractivity contribution in [2.75, 3.05) is 10.6 Å². The molecule has 8 nitrogen and oxygen atoms in total. The van der Waals surface area contributed by atoms with Gasteiger partial charge in [-0.3, -0.25) is 10.1 Å². The molecular formula is C15H10F2N4O4S. The van der Waals surface area contributed by atoms with Gasteiger partial charge < -0.3 is 14.8 Å². The number of carbonyl (C=O) groups is 2. The molecule has 134 valence electrons. The molecule has 1 aromatic carbocycles. The van der Waals surface area contributed by atoms with Crippen LogP contribution in [-0.2, 0) is 0 Å². The number of carbonyl (C=O) groups excluding carboxylic acids is 1. The van der Waals surface area contributed by atoms with Gasteiger partial charge in [-0.15, -0.1) is 0 Å². The Morgan fingerprint density at radius 2 is 2.04 bits per heavy atom. The van der Waals surface area contributed by atoms with Crippen molar-refractivity contribution in [1.82, 2.24) is 9.36 Å². The van der Waals surface area contributed by atoms with Crippen LogP contribution in [-0.4, -0.2) is 26.3 Å². The number of aryl methyl sites for hydroxylation is 1. The van der Waals surface area contributed by atoms with E-state index in [1.807, 2.05) is 0 Å². The van der Waals surface area contributed by atoms with E-state index >= 15 is 0 Å². The van der Waals surface area contributed by atoms with Gasteiger partial charge in [0.15, 0.2) is 17.3 Å². The van der Waals surface area contributed by atoms with Gasteiger partial charge in [0.25, 0.3) is 5.91 Å². The molecule has 3 aromatic rings. The lowest BCUT2D eigenvalue weighted by Gasteiger charge is -2.07. The van der Waals surface area contributed by atoms with E-state index in [1.54, 1.807) is 6.92 Å². The van der Waals surface area contributed by atoms with Crippen molar-refractivity contribution in [3.05, 3.63) is 53.0 Å². The van der Waals surface area contributed by atoms with Crippen molar-refractivity contribution in [1.29, 1.82) is 0 Å². The number of oxazole rings is 1. The van der Waals surface area contributed by atoms with Gasteiger partial charge in [0, 0.05) is 11.8 Å². The summed E-state index contributed by atoms with van der Waals surface area (Å²) in [6, 6.07) is 2.82. The van der Waals surface area contributed by atoms with E-state index in [4.69, 9.17) is 9.52 Å². The van der Waals surface area contributed by atoms with Gasteiger partial charge in [0.2, 0.25) is 0 Å². The van der Waals surface area contributed by atoms with Crippen LogP contribution in [0.3, 0.4) is 0 Å². The molecule has 0 spiro atoms. The summed E-state index contributed by atoms with van der Waals surface area (Å²) in [5, 5.41) is 14.2. The minimum atomic E-state index is -1.27. The van der Waals surface area contributed by atoms with Crippen molar-refractivity contribution in [3.8, 4) is 0 Å². The summed E-state index contributed by atoms with van der Waals surface area (Å²) in [5.74, 6) is -4.01. The summed E-state index contributed by atoms with van der Waals surface area (Å²) in [6.45, 7) is 1.58. The molecule has 0 saturated heterocycles. The van der Waals surface area contributed by atoms with E-state index in [0.717, 1.165) is 29.9 Å². The first kappa shape index (κ1) is 17.5. The fourth-order valence-electron chi connectivity index (χ4n) is 2.02. The largest absolute Gasteiger partial charge is 0.476 e. The second-order valence-electron chi connectivity index (χ2n) is 5.02. The number of benzene rings is 1. The van der Waals surface area contributed by atoms with Crippen LogP contribution < -0.4 is 10.6 Å². The van der Waals surface area contributed by atoms with Crippen LogP contribution >= 0.6 is 11.5 Å². The maximum atomic E-state index is 13.3. The molecule has 0 aliphatic rings. The van der Waals surface area contributed by atoms with Crippen molar-refractivity contribution in [3.63, 3.8) is 0 Å². The summed E-state index contributed by atoms with van der Waals surface area (Å²) >= 11 is 0.930. The number of amides is 1. The summed E-state index contributed by atoms with van der Waals surface area (Å²) in [6.07, 6.45) is 0.944. The highest BCUT2D eigenvalue weighted by atomic mass is 32.1. The van der Waals surface area contributed by atoms with Crippen LogP contribution in [0.1, 0.15) is 26.5 Å². The molecule has 0 aliphatic carbocycles. The first-order valence-electron chi connectivity index (χ1n) is 7.03. The first-order valence-corrected chi connectivity index (χ1v) is 7.81. The Morgan fingerprint density at radius 1 is 1.27 bits per heavy atom. The number of rotatable bonds is 5. The van der Waals surface area contributed by atoms with Gasteiger partial charge in [-0.1, -0.05) is 0 Å². The molecular weight excluding hydrogens is 370 g/mol. The van der Waals surface area contributed by atoms with Crippen molar-refractivity contribution < 1.29 is 27.9 Å². The number of carboxylic acids is 1. The lowest BCUT2D eigenvalue weighted by Crippen LogP contribution is -2.14. The Balaban J connectivity index is 1.83. The monoisotopic (exact) mass is 380 g/mol. The predicted octanol–water partition coefficient (Wildman–Crippen LogP) is 3.41. The Labute approximate surface area is 148 Å². The smallest absolute Gasteiger partial charge is 0.357 e. The third-order valence-electron chi connectivity index (χ3n) is 3.21. The number of carboxylic acid groups (broad SMARTS) is 1. The first-order chi connectivity index (χ1) is 12.3. The Bertz CT molecular complexity index is 1000. The standard InChI is InChI=1S/C15H10F2N4O4S/c1-6-11(12(22)18-7-2-3-8(16)9(17)4-7)13(26-21-6)20-15-19-10(5-25-15)14(23)24/h2-5H,1H3,(H,18,22)(H,19,20)(H,23,24). The Hall–Kier alpha value is -3.34. The molecule has 0 atom stereocenters. The molecule has 3 rings (SSSR count). The topological polar surface area (TPSA) is 117 Å². The molecule has 11 heteroatoms. The van der Waals surface area contributed by atoms with E-state index in [-0.39, 0.29) is 28.0 Å². The van der Waals surface area contributed by atoms with Gasteiger partial charge in [-0.2, -0.15) is 9.36 Å². The number of nitrogens with one attached hydrogen (secondary N) is 2. The molecule has 0 unspecified atom stereocenters. The maximum absolute atomic E-state index is 13.3. The van der Waals surface area contributed by atoms with Crippen LogP contribution in [0.25, 0.3) is 0 Å². The van der Waals surface area contributed by atoms with Gasteiger partial charge in [-0.05, 0) is 30.6 Å². The van der Waals surface area contributed by atoms with Crippen LogP contribution in [0, 0.1) is 18.6 Å². The lowest BCUT2D eigenvalue weighted by molar-refractivity contribution is 0.0690. The van der Waals surface area contributed by atoms with Crippen LogP contribution in [0.4, 0.5) is 25.5 Å². The van der Waals surface area contributed by atoms with E-state index in [9.17, 15) is 18.4 Å². The fourth-order valence-corrected chi connectivity index (χ4v) is 2.80. The van der Waals surface area contributed by atoms with Crippen molar-refractivity contribution >= 4 is 40.1 Å². The van der Waals surface area contributed by atoms with Gasteiger partial charge in [0.1, 0.15) is 11.3 Å². The number of anilines is 3. The number of halogens is 2. The number of hydrogen-bond donors (Lipinski definition) is 3. The third-order valence-corrected chi connectivity index (χ3v) is 4.06. The average Bonchev–Trinajstić information content (AvgIpc) is 3.18. The second kappa shape index (κ2) is 6.88. The normalized spacial score (nSPS) is 10.6. The molecule has 0 fully saturated rings. The number of hydrogen-bond acceptors (Lipinski definition) is 7. The van der Waals surface area contributed by atoms with E-state index in [1.165, 1.54) is 6.07 Å². The van der Waals surface area contributed by atoms with Gasteiger partial charge >= 0.3 is 12.0 Å². The van der Waals surface area contributed by atoms with Crippen LogP contribution in [0.5, 0.6) is 0 Å². The number of aromatic carboxylic acids is 1. The molecule has 0 radical (unpaired) electrons. The molecule has 2 aromatic heterocycles. The van der Waals surface area contributed by atoms with Gasteiger partial charge in [0.05, 0.1) is 11.3 Å². The third kappa shape index (κ3) is 3.52. The molecule has 26 heavy (non-hydrogen) atoms.